The van der Waals surface area contributed by atoms with Gasteiger partial charge in [0, 0.05) is 34.5 Å². The summed E-state index contributed by atoms with van der Waals surface area (Å²) in [6.07, 6.45) is 2.32. The maximum Gasteiger partial charge on any atom is 0.120 e. The van der Waals surface area contributed by atoms with Crippen molar-refractivity contribution in [3.63, 3.8) is 0 Å². The third-order valence-electron chi connectivity index (χ3n) is 2.66. The number of carbonyl (C=O) groups is 1. The summed E-state index contributed by atoms with van der Waals surface area (Å²) in [5, 5.41) is 1.21. The van der Waals surface area contributed by atoms with Gasteiger partial charge in [-0.25, -0.2) is 0 Å². The Balaban J connectivity index is 2.59. The third kappa shape index (κ3) is 1.72. The molecule has 1 aromatic carbocycles. The van der Waals surface area contributed by atoms with Crippen LogP contribution in [-0.2, 0) is 18.3 Å². The van der Waals surface area contributed by atoms with Gasteiger partial charge in [0.1, 0.15) is 6.29 Å². The van der Waals surface area contributed by atoms with E-state index in [1.54, 1.807) is 0 Å². The first-order valence-electron chi connectivity index (χ1n) is 4.91. The molecular formula is C12H12BrNO. The van der Waals surface area contributed by atoms with Crippen molar-refractivity contribution in [2.24, 2.45) is 7.05 Å². The fourth-order valence-corrected chi connectivity index (χ4v) is 2.67. The van der Waals surface area contributed by atoms with Crippen LogP contribution in [0.4, 0.5) is 0 Å². The minimum Gasteiger partial charge on any atom is -0.347 e. The average molecular weight is 266 g/mol. The van der Waals surface area contributed by atoms with Crippen molar-refractivity contribution in [1.29, 1.82) is 0 Å². The summed E-state index contributed by atoms with van der Waals surface area (Å²) in [4.78, 5) is 10.4. The van der Waals surface area contributed by atoms with Gasteiger partial charge in [0.05, 0.1) is 0 Å². The first-order valence-corrected chi connectivity index (χ1v) is 5.70. The summed E-state index contributed by atoms with van der Waals surface area (Å²) in [7, 11) is 2.03. The van der Waals surface area contributed by atoms with Crippen molar-refractivity contribution in [2.45, 2.75) is 12.8 Å². The Bertz CT molecular complexity index is 463. The lowest BCUT2D eigenvalue weighted by molar-refractivity contribution is -0.107. The molecule has 0 saturated heterocycles. The van der Waals surface area contributed by atoms with Crippen molar-refractivity contribution in [3.8, 4) is 0 Å². The van der Waals surface area contributed by atoms with Crippen LogP contribution < -0.4 is 0 Å². The lowest BCUT2D eigenvalue weighted by atomic mass is 10.2. The number of rotatable bonds is 3. The van der Waals surface area contributed by atoms with Crippen molar-refractivity contribution < 1.29 is 4.79 Å². The standard InChI is InChI=1S/C12H12BrNO/c1-14-10-6-3-2-5-9(10)12(13)11(14)7-4-8-15/h2-3,5-6,8H,4,7H2,1H3. The Morgan fingerprint density at radius 2 is 2.13 bits per heavy atom. The summed E-state index contributed by atoms with van der Waals surface area (Å²) < 4.78 is 3.26. The van der Waals surface area contributed by atoms with Crippen molar-refractivity contribution in [1.82, 2.24) is 4.57 Å². The maximum atomic E-state index is 10.4. The highest BCUT2D eigenvalue weighted by atomic mass is 79.9. The molecule has 2 nitrogen and oxygen atoms in total. The van der Waals surface area contributed by atoms with E-state index in [4.69, 9.17) is 0 Å². The molecule has 0 aliphatic rings. The van der Waals surface area contributed by atoms with E-state index in [-0.39, 0.29) is 0 Å². The third-order valence-corrected chi connectivity index (χ3v) is 3.54. The van der Waals surface area contributed by atoms with Crippen molar-refractivity contribution in [2.75, 3.05) is 0 Å². The lowest BCUT2D eigenvalue weighted by Crippen LogP contribution is -1.97. The molecule has 1 aromatic heterocycles. The SMILES string of the molecule is Cn1c(CCC=O)c(Br)c2ccccc21. The second-order valence-corrected chi connectivity index (χ2v) is 4.34. The van der Waals surface area contributed by atoms with Crippen LogP contribution >= 0.6 is 15.9 Å². The molecule has 0 fully saturated rings. The highest BCUT2D eigenvalue weighted by molar-refractivity contribution is 9.10. The molecule has 2 rings (SSSR count). The number of nitrogens with zero attached hydrogens (tertiary/aromatic N) is 1. The van der Waals surface area contributed by atoms with Crippen LogP contribution in [0.25, 0.3) is 10.9 Å². The summed E-state index contributed by atoms with van der Waals surface area (Å²) in [5.41, 5.74) is 2.38. The Morgan fingerprint density at radius 1 is 1.40 bits per heavy atom. The maximum absolute atomic E-state index is 10.4. The van der Waals surface area contributed by atoms with Gasteiger partial charge in [0.25, 0.3) is 0 Å². The molecule has 0 spiro atoms. The number of hydrogen-bond donors (Lipinski definition) is 0. The number of aldehydes is 1. The van der Waals surface area contributed by atoms with E-state index in [0.717, 1.165) is 17.2 Å². The molecule has 1 heterocycles. The predicted molar refractivity (Wildman–Crippen MR) is 65.0 cm³/mol. The Kier molecular flexibility index (Phi) is 2.91. The molecule has 0 radical (unpaired) electrons. The molecule has 0 N–H and O–H groups in total. The van der Waals surface area contributed by atoms with Gasteiger partial charge in [-0.2, -0.15) is 0 Å². The molecule has 15 heavy (non-hydrogen) atoms. The monoisotopic (exact) mass is 265 g/mol. The largest absolute Gasteiger partial charge is 0.347 e. The molecule has 3 heteroatoms. The van der Waals surface area contributed by atoms with Crippen LogP contribution in [-0.4, -0.2) is 10.9 Å². The smallest absolute Gasteiger partial charge is 0.120 e. The molecule has 0 aliphatic heterocycles. The zero-order chi connectivity index (χ0) is 10.8. The highest BCUT2D eigenvalue weighted by Crippen LogP contribution is 2.30. The number of halogens is 1. The normalized spacial score (nSPS) is 10.8. The van der Waals surface area contributed by atoms with Gasteiger partial charge in [0.15, 0.2) is 0 Å². The van der Waals surface area contributed by atoms with Gasteiger partial charge in [-0.1, -0.05) is 18.2 Å². The van der Waals surface area contributed by atoms with Gasteiger partial charge in [-0.15, -0.1) is 0 Å². The molecule has 78 valence electrons. The zero-order valence-electron chi connectivity index (χ0n) is 8.53. The number of fused-ring (bicyclic) bond motifs is 1. The Hall–Kier alpha value is -1.09. The number of hydrogen-bond acceptors (Lipinski definition) is 1. The Morgan fingerprint density at radius 3 is 2.80 bits per heavy atom. The fraction of sp³-hybridized carbons (Fsp3) is 0.250. The van der Waals surface area contributed by atoms with Gasteiger partial charge >= 0.3 is 0 Å². The summed E-state index contributed by atoms with van der Waals surface area (Å²) in [6, 6.07) is 8.23. The number of carbonyl (C=O) groups excluding carboxylic acids is 1. The zero-order valence-corrected chi connectivity index (χ0v) is 10.1. The lowest BCUT2D eigenvalue weighted by Gasteiger charge is -2.01. The number of para-hydroxylation sites is 1. The van der Waals surface area contributed by atoms with Crippen LogP contribution in [0.2, 0.25) is 0 Å². The minimum absolute atomic E-state index is 0.572. The minimum atomic E-state index is 0.572. The van der Waals surface area contributed by atoms with Crippen molar-refractivity contribution in [3.05, 3.63) is 34.4 Å². The first kappa shape index (κ1) is 10.4. The molecule has 0 aliphatic carbocycles. The molecule has 0 unspecified atom stereocenters. The van der Waals surface area contributed by atoms with Crippen molar-refractivity contribution >= 4 is 33.1 Å². The van der Waals surface area contributed by atoms with Gasteiger partial charge in [0.2, 0.25) is 0 Å². The van der Waals surface area contributed by atoms with Crippen LogP contribution in [0, 0.1) is 0 Å². The molecule has 0 atom stereocenters. The second kappa shape index (κ2) is 4.19. The average Bonchev–Trinajstić information content (AvgIpc) is 2.51. The van der Waals surface area contributed by atoms with E-state index in [1.165, 1.54) is 16.6 Å². The summed E-state index contributed by atoms with van der Waals surface area (Å²) >= 11 is 3.60. The van der Waals surface area contributed by atoms with Crippen LogP contribution in [0.1, 0.15) is 12.1 Å². The van der Waals surface area contributed by atoms with E-state index in [0.29, 0.717) is 6.42 Å². The van der Waals surface area contributed by atoms with Crippen LogP contribution in [0.3, 0.4) is 0 Å². The number of aryl methyl sites for hydroxylation is 1. The van der Waals surface area contributed by atoms with E-state index in [1.807, 2.05) is 19.2 Å². The molecule has 0 saturated carbocycles. The predicted octanol–water partition coefficient (Wildman–Crippen LogP) is 3.07. The quantitative estimate of drug-likeness (QED) is 0.782. The summed E-state index contributed by atoms with van der Waals surface area (Å²) in [5.74, 6) is 0. The summed E-state index contributed by atoms with van der Waals surface area (Å²) in [6.45, 7) is 0. The first-order chi connectivity index (χ1) is 7.25. The van der Waals surface area contributed by atoms with Gasteiger partial charge in [-0.05, 0) is 28.4 Å². The number of benzene rings is 1. The van der Waals surface area contributed by atoms with E-state index < -0.39 is 0 Å². The number of aromatic nitrogens is 1. The van der Waals surface area contributed by atoms with Crippen LogP contribution in [0.5, 0.6) is 0 Å². The van der Waals surface area contributed by atoms with Crippen LogP contribution in [0.15, 0.2) is 28.7 Å². The molecule has 0 amide bonds. The van der Waals surface area contributed by atoms with Gasteiger partial charge < -0.3 is 9.36 Å². The molecular weight excluding hydrogens is 254 g/mol. The molecule has 2 aromatic rings. The second-order valence-electron chi connectivity index (χ2n) is 3.54. The fourth-order valence-electron chi connectivity index (χ4n) is 1.87. The van der Waals surface area contributed by atoms with E-state index >= 15 is 0 Å². The highest BCUT2D eigenvalue weighted by Gasteiger charge is 2.11. The Labute approximate surface area is 97.0 Å². The van der Waals surface area contributed by atoms with E-state index in [2.05, 4.69) is 32.6 Å². The van der Waals surface area contributed by atoms with E-state index in [9.17, 15) is 4.79 Å². The van der Waals surface area contributed by atoms with Gasteiger partial charge in [-0.3, -0.25) is 0 Å². The topological polar surface area (TPSA) is 22.0 Å². The molecule has 0 bridgehead atoms.